The van der Waals surface area contributed by atoms with Crippen molar-refractivity contribution in [2.45, 2.75) is 51.4 Å². The molecular formula is C23H25BrClFO2. The van der Waals surface area contributed by atoms with E-state index in [1.165, 1.54) is 12.1 Å². The molecule has 0 atom stereocenters. The van der Waals surface area contributed by atoms with Gasteiger partial charge in [-0.2, -0.15) is 0 Å². The van der Waals surface area contributed by atoms with Gasteiger partial charge in [0.1, 0.15) is 5.75 Å². The van der Waals surface area contributed by atoms with Crippen molar-refractivity contribution >= 4 is 38.7 Å². The summed E-state index contributed by atoms with van der Waals surface area (Å²) in [6, 6.07) is 7.90. The minimum Gasteiger partial charge on any atom is -0.507 e. The van der Waals surface area contributed by atoms with Gasteiger partial charge in [0, 0.05) is 15.9 Å². The first-order chi connectivity index (χ1) is 13.5. The molecule has 2 aromatic rings. The number of halogens is 3. The Morgan fingerprint density at radius 3 is 2.50 bits per heavy atom. The monoisotopic (exact) mass is 466 g/mol. The Kier molecular flexibility index (Phi) is 7.42. The highest BCUT2D eigenvalue weighted by Crippen LogP contribution is 2.44. The van der Waals surface area contributed by atoms with Crippen LogP contribution in [0.25, 0.3) is 11.1 Å². The Labute approximate surface area is 179 Å². The van der Waals surface area contributed by atoms with Crippen molar-refractivity contribution in [1.82, 2.24) is 0 Å². The lowest BCUT2D eigenvalue weighted by Gasteiger charge is -2.18. The number of allylic oxidation sites excluding steroid dienone is 2. The van der Waals surface area contributed by atoms with E-state index in [0.717, 1.165) is 84.5 Å². The van der Waals surface area contributed by atoms with E-state index in [2.05, 4.69) is 15.9 Å². The number of fused-ring (bicyclic) bond motifs is 1. The average Bonchev–Trinajstić information content (AvgIpc) is 2.87. The number of alkyl halides is 1. The van der Waals surface area contributed by atoms with Crippen LogP contribution in [0.3, 0.4) is 0 Å². The van der Waals surface area contributed by atoms with E-state index in [0.29, 0.717) is 5.02 Å². The molecule has 0 bridgehead atoms. The third-order valence-electron chi connectivity index (χ3n) is 5.36. The first kappa shape index (κ1) is 21.2. The molecule has 2 aromatic carbocycles. The number of rotatable bonds is 7. The maximum atomic E-state index is 13.6. The predicted octanol–water partition coefficient (Wildman–Crippen LogP) is 7.48. The predicted molar refractivity (Wildman–Crippen MR) is 118 cm³/mol. The largest absolute Gasteiger partial charge is 0.507 e. The molecule has 2 N–H and O–H groups in total. The number of hydrogen-bond donors (Lipinski definition) is 2. The number of phenolic OH excluding ortho intramolecular Hbond substituents is 2. The second-order valence-electron chi connectivity index (χ2n) is 7.25. The fraction of sp³-hybridized carbons (Fsp3) is 0.391. The summed E-state index contributed by atoms with van der Waals surface area (Å²) in [4.78, 5) is 0. The molecule has 0 aromatic heterocycles. The van der Waals surface area contributed by atoms with Crippen molar-refractivity contribution in [3.05, 3.63) is 57.9 Å². The van der Waals surface area contributed by atoms with Crippen LogP contribution in [0, 0.1) is 5.82 Å². The molecule has 0 amide bonds. The van der Waals surface area contributed by atoms with Crippen molar-refractivity contribution in [2.75, 3.05) is 5.33 Å². The van der Waals surface area contributed by atoms with Crippen LogP contribution in [0.1, 0.15) is 61.6 Å². The zero-order chi connectivity index (χ0) is 20.1. The van der Waals surface area contributed by atoms with Gasteiger partial charge in [-0.15, -0.1) is 0 Å². The summed E-state index contributed by atoms with van der Waals surface area (Å²) in [7, 11) is 0. The Hall–Kier alpha value is -1.52. The van der Waals surface area contributed by atoms with Crippen LogP contribution >= 0.6 is 27.5 Å². The maximum Gasteiger partial charge on any atom is 0.164 e. The molecule has 0 saturated carbocycles. The van der Waals surface area contributed by atoms with Crippen LogP contribution in [0.2, 0.25) is 5.02 Å². The summed E-state index contributed by atoms with van der Waals surface area (Å²) in [6.07, 6.45) is 7.69. The number of phenols is 2. The Balaban J connectivity index is 2.07. The van der Waals surface area contributed by atoms with Crippen LogP contribution < -0.4 is 0 Å². The van der Waals surface area contributed by atoms with Crippen LogP contribution in [0.5, 0.6) is 11.5 Å². The highest BCUT2D eigenvalue weighted by atomic mass is 79.9. The van der Waals surface area contributed by atoms with Gasteiger partial charge in [-0.1, -0.05) is 46.4 Å². The minimum atomic E-state index is -0.624. The van der Waals surface area contributed by atoms with Crippen molar-refractivity contribution in [1.29, 1.82) is 0 Å². The fourth-order valence-electron chi connectivity index (χ4n) is 3.98. The normalized spacial score (nSPS) is 14.1. The van der Waals surface area contributed by atoms with Gasteiger partial charge in [0.25, 0.3) is 0 Å². The maximum absolute atomic E-state index is 13.6. The first-order valence-electron chi connectivity index (χ1n) is 9.80. The number of hydrogen-bond acceptors (Lipinski definition) is 2. The molecule has 0 radical (unpaired) electrons. The van der Waals surface area contributed by atoms with E-state index in [9.17, 15) is 14.6 Å². The highest BCUT2D eigenvalue weighted by Gasteiger charge is 2.23. The Morgan fingerprint density at radius 1 is 0.964 bits per heavy atom. The van der Waals surface area contributed by atoms with E-state index >= 15 is 0 Å². The smallest absolute Gasteiger partial charge is 0.164 e. The van der Waals surface area contributed by atoms with E-state index in [-0.39, 0.29) is 11.5 Å². The molecule has 28 heavy (non-hydrogen) atoms. The van der Waals surface area contributed by atoms with Crippen molar-refractivity contribution in [3.8, 4) is 11.5 Å². The zero-order valence-corrected chi connectivity index (χ0v) is 18.1. The highest BCUT2D eigenvalue weighted by molar-refractivity contribution is 9.09. The van der Waals surface area contributed by atoms with Crippen LogP contribution in [-0.2, 0) is 6.42 Å². The van der Waals surface area contributed by atoms with Crippen LogP contribution in [0.15, 0.2) is 30.3 Å². The minimum absolute atomic E-state index is 0.237. The number of benzene rings is 2. The quantitative estimate of drug-likeness (QED) is 0.327. The molecule has 0 saturated heterocycles. The summed E-state index contributed by atoms with van der Waals surface area (Å²) in [5.74, 6) is -0.734. The molecule has 0 unspecified atom stereocenters. The molecule has 1 aliphatic carbocycles. The van der Waals surface area contributed by atoms with Gasteiger partial charge >= 0.3 is 0 Å². The summed E-state index contributed by atoms with van der Waals surface area (Å²) in [5.41, 5.74) is 4.74. The van der Waals surface area contributed by atoms with E-state index in [4.69, 9.17) is 11.6 Å². The lowest BCUT2D eigenvalue weighted by molar-refractivity contribution is 0.432. The third kappa shape index (κ3) is 4.72. The molecule has 1 aliphatic rings. The lowest BCUT2D eigenvalue weighted by Crippen LogP contribution is -1.97. The zero-order valence-electron chi connectivity index (χ0n) is 15.8. The molecule has 150 valence electrons. The van der Waals surface area contributed by atoms with Gasteiger partial charge in [-0.3, -0.25) is 0 Å². The summed E-state index contributed by atoms with van der Waals surface area (Å²) >= 11 is 9.93. The first-order valence-corrected chi connectivity index (χ1v) is 11.3. The second-order valence-corrected chi connectivity index (χ2v) is 8.45. The Bertz CT molecular complexity index is 879. The van der Waals surface area contributed by atoms with E-state index in [1.807, 2.05) is 0 Å². The number of unbranched alkanes of at least 4 members (excludes halogenated alkanes) is 3. The van der Waals surface area contributed by atoms with Crippen molar-refractivity contribution < 1.29 is 14.6 Å². The van der Waals surface area contributed by atoms with Crippen LogP contribution in [-0.4, -0.2) is 15.5 Å². The summed E-state index contributed by atoms with van der Waals surface area (Å²) < 4.78 is 13.6. The van der Waals surface area contributed by atoms with Gasteiger partial charge in [-0.05, 0) is 85.1 Å². The third-order valence-corrected chi connectivity index (χ3v) is 6.27. The standard InChI is InChI=1S/C23H25BrClFO2/c24-13-4-2-1-3-6-17-16(15-9-11-20(26)22(28)14-15)7-5-8-18-19(25)10-12-21(27)23(17)18/h9-12,14,27-28H,1-8,13H2. The summed E-state index contributed by atoms with van der Waals surface area (Å²) in [6.45, 7) is 0. The van der Waals surface area contributed by atoms with Gasteiger partial charge in [-0.25, -0.2) is 4.39 Å². The number of aromatic hydroxyl groups is 2. The molecule has 5 heteroatoms. The Morgan fingerprint density at radius 2 is 1.75 bits per heavy atom. The molecule has 3 rings (SSSR count). The summed E-state index contributed by atoms with van der Waals surface area (Å²) in [5, 5.41) is 22.2. The average molecular weight is 468 g/mol. The fourth-order valence-corrected chi connectivity index (χ4v) is 4.63. The molecule has 0 fully saturated rings. The molecule has 0 spiro atoms. The lowest BCUT2D eigenvalue weighted by atomic mass is 9.88. The molecule has 2 nitrogen and oxygen atoms in total. The topological polar surface area (TPSA) is 40.5 Å². The van der Waals surface area contributed by atoms with Crippen molar-refractivity contribution in [2.24, 2.45) is 0 Å². The van der Waals surface area contributed by atoms with Crippen LogP contribution in [0.4, 0.5) is 4.39 Å². The van der Waals surface area contributed by atoms with E-state index in [1.54, 1.807) is 18.2 Å². The molecule has 0 aliphatic heterocycles. The van der Waals surface area contributed by atoms with E-state index < -0.39 is 5.82 Å². The van der Waals surface area contributed by atoms with Gasteiger partial charge < -0.3 is 10.2 Å². The molecule has 0 heterocycles. The van der Waals surface area contributed by atoms with Crippen molar-refractivity contribution in [3.63, 3.8) is 0 Å². The molecular weight excluding hydrogens is 443 g/mol. The van der Waals surface area contributed by atoms with Gasteiger partial charge in [0.2, 0.25) is 0 Å². The second kappa shape index (κ2) is 9.80. The van der Waals surface area contributed by atoms with Gasteiger partial charge in [0.15, 0.2) is 11.6 Å². The van der Waals surface area contributed by atoms with Gasteiger partial charge in [0.05, 0.1) is 0 Å². The SMILES string of the molecule is Oc1cc(C2=C(CCCCCCBr)c3c(O)ccc(Cl)c3CCC2)ccc1F.